The van der Waals surface area contributed by atoms with E-state index in [-0.39, 0.29) is 6.42 Å². The Morgan fingerprint density at radius 3 is 2.46 bits per heavy atom. The van der Waals surface area contributed by atoms with Crippen LogP contribution in [-0.2, 0) is 16.5 Å². The van der Waals surface area contributed by atoms with Crippen molar-refractivity contribution in [1.82, 2.24) is 0 Å². The van der Waals surface area contributed by atoms with Gasteiger partial charge in [0.1, 0.15) is 5.82 Å². The van der Waals surface area contributed by atoms with Gasteiger partial charge in [-0.1, -0.05) is 18.2 Å². The van der Waals surface area contributed by atoms with Crippen molar-refractivity contribution < 1.29 is 17.4 Å². The molecule has 0 fully saturated rings. The molecule has 72 valence electrons. The molecule has 0 heterocycles. The van der Waals surface area contributed by atoms with Crippen molar-refractivity contribution in [2.45, 2.75) is 6.42 Å². The van der Waals surface area contributed by atoms with E-state index in [9.17, 15) is 12.8 Å². The third kappa shape index (κ3) is 3.52. The molecule has 0 radical (unpaired) electrons. The van der Waals surface area contributed by atoms with E-state index in [4.69, 9.17) is 4.55 Å². The lowest BCUT2D eigenvalue weighted by Gasteiger charge is -2.00. The molecule has 1 rings (SSSR count). The lowest BCUT2D eigenvalue weighted by atomic mass is 10.2. The smallest absolute Gasteiger partial charge is 0.265 e. The van der Waals surface area contributed by atoms with Gasteiger partial charge in [0.15, 0.2) is 0 Å². The first-order valence-corrected chi connectivity index (χ1v) is 5.28. The number of halogens is 1. The Morgan fingerprint density at radius 1 is 1.31 bits per heavy atom. The van der Waals surface area contributed by atoms with Crippen molar-refractivity contribution in [1.29, 1.82) is 0 Å². The highest BCUT2D eigenvalue weighted by atomic mass is 32.2. The molecule has 5 heteroatoms. The molecule has 1 aromatic rings. The fourth-order valence-corrected chi connectivity index (χ4v) is 1.42. The van der Waals surface area contributed by atoms with Crippen molar-refractivity contribution in [3.05, 3.63) is 35.6 Å². The molecule has 0 amide bonds. The second-order valence-corrected chi connectivity index (χ2v) is 4.20. The van der Waals surface area contributed by atoms with Crippen LogP contribution in [0.1, 0.15) is 5.56 Å². The average Bonchev–Trinajstić information content (AvgIpc) is 2.01. The van der Waals surface area contributed by atoms with Gasteiger partial charge < -0.3 is 0 Å². The van der Waals surface area contributed by atoms with Crippen molar-refractivity contribution in [2.75, 3.05) is 5.75 Å². The number of benzene rings is 1. The molecule has 0 aliphatic heterocycles. The summed E-state index contributed by atoms with van der Waals surface area (Å²) in [5.74, 6) is -0.903. The zero-order valence-electron chi connectivity index (χ0n) is 6.77. The van der Waals surface area contributed by atoms with Crippen molar-refractivity contribution in [2.24, 2.45) is 0 Å². The molecular weight excluding hydrogens is 195 g/mol. The van der Waals surface area contributed by atoms with Crippen LogP contribution in [0.2, 0.25) is 0 Å². The van der Waals surface area contributed by atoms with Crippen LogP contribution in [0.25, 0.3) is 0 Å². The summed E-state index contributed by atoms with van der Waals surface area (Å²) in [5, 5.41) is 0. The molecule has 0 bridgehead atoms. The standard InChI is InChI=1S/C8H9FO3S/c9-8-4-2-1-3-7(8)5-6-13(10,11)12/h1-4H,5-6H2,(H,10,11,12). The minimum absolute atomic E-state index is 0.00843. The lowest BCUT2D eigenvalue weighted by Crippen LogP contribution is -2.07. The summed E-state index contributed by atoms with van der Waals surface area (Å²) in [6.45, 7) is 0. The summed E-state index contributed by atoms with van der Waals surface area (Å²) in [4.78, 5) is 0. The third-order valence-corrected chi connectivity index (χ3v) is 2.31. The van der Waals surface area contributed by atoms with E-state index in [0.717, 1.165) is 0 Å². The van der Waals surface area contributed by atoms with Crippen LogP contribution >= 0.6 is 0 Å². The second kappa shape index (κ2) is 3.85. The summed E-state index contributed by atoms with van der Waals surface area (Å²) in [7, 11) is -4.01. The van der Waals surface area contributed by atoms with Gasteiger partial charge in [0.2, 0.25) is 0 Å². The molecule has 13 heavy (non-hydrogen) atoms. The Balaban J connectivity index is 2.71. The fraction of sp³-hybridized carbons (Fsp3) is 0.250. The number of hydrogen-bond acceptors (Lipinski definition) is 2. The molecule has 0 aliphatic rings. The zero-order valence-corrected chi connectivity index (χ0v) is 7.59. The summed E-state index contributed by atoms with van der Waals surface area (Å²) < 4.78 is 42.0. The van der Waals surface area contributed by atoms with Gasteiger partial charge in [-0.05, 0) is 18.1 Å². The molecular formula is C8H9FO3S. The van der Waals surface area contributed by atoms with Gasteiger partial charge >= 0.3 is 0 Å². The van der Waals surface area contributed by atoms with E-state index >= 15 is 0 Å². The van der Waals surface area contributed by atoms with Gasteiger partial charge in [-0.15, -0.1) is 0 Å². The molecule has 0 atom stereocenters. The van der Waals surface area contributed by atoms with Crippen LogP contribution in [0.15, 0.2) is 24.3 Å². The van der Waals surface area contributed by atoms with Gasteiger partial charge in [-0.3, -0.25) is 4.55 Å². The molecule has 0 spiro atoms. The Kier molecular flexibility index (Phi) is 3.00. The molecule has 1 aromatic carbocycles. The van der Waals surface area contributed by atoms with E-state index in [1.54, 1.807) is 6.07 Å². The summed E-state index contributed by atoms with van der Waals surface area (Å²) in [6.07, 6.45) is -0.00843. The maximum atomic E-state index is 12.9. The Hall–Kier alpha value is -0.940. The highest BCUT2D eigenvalue weighted by molar-refractivity contribution is 7.85. The first kappa shape index (κ1) is 10.1. The largest absolute Gasteiger partial charge is 0.286 e. The first-order valence-electron chi connectivity index (χ1n) is 3.67. The maximum absolute atomic E-state index is 12.9. The molecule has 0 unspecified atom stereocenters. The van der Waals surface area contributed by atoms with Crippen LogP contribution in [0, 0.1) is 5.82 Å². The van der Waals surface area contributed by atoms with Gasteiger partial charge in [0.05, 0.1) is 5.75 Å². The fourth-order valence-electron chi connectivity index (χ4n) is 0.940. The molecule has 0 aromatic heterocycles. The highest BCUT2D eigenvalue weighted by Gasteiger charge is 2.07. The molecule has 0 saturated carbocycles. The first-order chi connectivity index (χ1) is 5.99. The Bertz CT molecular complexity index is 386. The lowest BCUT2D eigenvalue weighted by molar-refractivity contribution is 0.482. The molecule has 3 nitrogen and oxygen atoms in total. The average molecular weight is 204 g/mol. The van der Waals surface area contributed by atoms with E-state index in [1.165, 1.54) is 18.2 Å². The predicted molar refractivity (Wildman–Crippen MR) is 46.5 cm³/mol. The van der Waals surface area contributed by atoms with Crippen molar-refractivity contribution >= 4 is 10.1 Å². The quantitative estimate of drug-likeness (QED) is 0.754. The minimum atomic E-state index is -4.01. The highest BCUT2D eigenvalue weighted by Crippen LogP contribution is 2.07. The van der Waals surface area contributed by atoms with Gasteiger partial charge in [0.25, 0.3) is 10.1 Å². The third-order valence-electron chi connectivity index (χ3n) is 1.59. The Labute approximate surface area is 76.0 Å². The molecule has 0 saturated heterocycles. The van der Waals surface area contributed by atoms with E-state index in [0.29, 0.717) is 5.56 Å². The van der Waals surface area contributed by atoms with E-state index < -0.39 is 21.7 Å². The van der Waals surface area contributed by atoms with Crippen LogP contribution < -0.4 is 0 Å². The van der Waals surface area contributed by atoms with Crippen LogP contribution in [-0.4, -0.2) is 18.7 Å². The maximum Gasteiger partial charge on any atom is 0.265 e. The molecule has 1 N–H and O–H groups in total. The second-order valence-electron chi connectivity index (χ2n) is 2.63. The van der Waals surface area contributed by atoms with Crippen molar-refractivity contribution in [3.8, 4) is 0 Å². The van der Waals surface area contributed by atoms with Gasteiger partial charge in [0, 0.05) is 0 Å². The number of hydrogen-bond donors (Lipinski definition) is 1. The van der Waals surface area contributed by atoms with Crippen LogP contribution in [0.5, 0.6) is 0 Å². The van der Waals surface area contributed by atoms with Crippen LogP contribution in [0.4, 0.5) is 4.39 Å². The summed E-state index contributed by atoms with van der Waals surface area (Å²) in [5.41, 5.74) is 0.292. The van der Waals surface area contributed by atoms with Crippen molar-refractivity contribution in [3.63, 3.8) is 0 Å². The normalized spacial score (nSPS) is 11.5. The molecule has 0 aliphatic carbocycles. The summed E-state index contributed by atoms with van der Waals surface area (Å²) >= 11 is 0. The Morgan fingerprint density at radius 2 is 1.92 bits per heavy atom. The van der Waals surface area contributed by atoms with E-state index in [2.05, 4.69) is 0 Å². The number of rotatable bonds is 3. The monoisotopic (exact) mass is 204 g/mol. The minimum Gasteiger partial charge on any atom is -0.286 e. The van der Waals surface area contributed by atoms with E-state index in [1.807, 2.05) is 0 Å². The summed E-state index contributed by atoms with van der Waals surface area (Å²) in [6, 6.07) is 5.87. The predicted octanol–water partition coefficient (Wildman–Crippen LogP) is 1.26. The SMILES string of the molecule is O=S(=O)(O)CCc1ccccc1F. The van der Waals surface area contributed by atoms with Gasteiger partial charge in [-0.25, -0.2) is 4.39 Å². The number of aryl methyl sites for hydroxylation is 1. The zero-order chi connectivity index (χ0) is 9.90. The van der Waals surface area contributed by atoms with Crippen LogP contribution in [0.3, 0.4) is 0 Å². The topological polar surface area (TPSA) is 54.4 Å². The van der Waals surface area contributed by atoms with Gasteiger partial charge in [-0.2, -0.15) is 8.42 Å².